The lowest BCUT2D eigenvalue weighted by atomic mass is 9.65. The van der Waals surface area contributed by atoms with E-state index in [1.807, 2.05) is 6.07 Å². The van der Waals surface area contributed by atoms with Crippen LogP contribution in [0.4, 0.5) is 5.82 Å². The van der Waals surface area contributed by atoms with E-state index in [0.717, 1.165) is 18.3 Å². The molecule has 3 nitrogen and oxygen atoms in total. The van der Waals surface area contributed by atoms with Crippen LogP contribution in [0.15, 0.2) is 46.7 Å². The van der Waals surface area contributed by atoms with Crippen LogP contribution < -0.4 is 5.32 Å². The zero-order chi connectivity index (χ0) is 17.4. The highest BCUT2D eigenvalue weighted by atomic mass is 15.2. The van der Waals surface area contributed by atoms with Gasteiger partial charge in [-0.2, -0.15) is 5.10 Å². The standard InChI is InChI=1S/C22H31N3/c1-15(2)18-9-12-22(3)11-8-17-6-4-16(5-7-19(17)21(18)22)14-23-20-10-13-24-25-20/h5,7,10,13,15,17H,4,6,8-9,11-12,14H2,1-3H3,(H2,23,24,25). The maximum absolute atomic E-state index is 4.01. The van der Waals surface area contributed by atoms with Crippen LogP contribution in [0.3, 0.4) is 0 Å². The fourth-order valence-corrected chi connectivity index (χ4v) is 5.14. The van der Waals surface area contributed by atoms with Gasteiger partial charge in [0.05, 0.1) is 6.20 Å². The van der Waals surface area contributed by atoms with Crippen molar-refractivity contribution >= 4 is 5.82 Å². The van der Waals surface area contributed by atoms with E-state index in [2.05, 4.69) is 48.4 Å². The maximum Gasteiger partial charge on any atom is 0.121 e. The van der Waals surface area contributed by atoms with E-state index in [1.54, 1.807) is 22.9 Å². The summed E-state index contributed by atoms with van der Waals surface area (Å²) in [5.74, 6) is 2.45. The molecular formula is C22H31N3. The summed E-state index contributed by atoms with van der Waals surface area (Å²) in [6, 6.07) is 1.99. The Morgan fingerprint density at radius 3 is 2.88 bits per heavy atom. The molecule has 0 aromatic carbocycles. The molecule has 3 aliphatic rings. The predicted molar refractivity (Wildman–Crippen MR) is 104 cm³/mol. The first kappa shape index (κ1) is 16.7. The molecule has 1 aromatic rings. The van der Waals surface area contributed by atoms with E-state index < -0.39 is 0 Å². The SMILES string of the molecule is CC(C)C1=C2C3=CC=C(CNc4ccn[nH]4)CCC3CCC2(C)CC1. The fourth-order valence-electron chi connectivity index (χ4n) is 5.14. The van der Waals surface area contributed by atoms with E-state index in [4.69, 9.17) is 0 Å². The Morgan fingerprint density at radius 2 is 2.12 bits per heavy atom. The Balaban J connectivity index is 1.60. The Bertz CT molecular complexity index is 720. The predicted octanol–water partition coefficient (Wildman–Crippen LogP) is 5.63. The van der Waals surface area contributed by atoms with Crippen LogP contribution in [-0.2, 0) is 0 Å². The third kappa shape index (κ3) is 3.09. The first-order chi connectivity index (χ1) is 12.1. The number of hydrogen-bond acceptors (Lipinski definition) is 2. The summed E-state index contributed by atoms with van der Waals surface area (Å²) in [7, 11) is 0. The Labute approximate surface area is 151 Å². The number of H-pyrrole nitrogens is 1. The van der Waals surface area contributed by atoms with Crippen LogP contribution in [-0.4, -0.2) is 16.7 Å². The number of aromatic nitrogens is 2. The number of allylic oxidation sites excluding steroid dienone is 5. The van der Waals surface area contributed by atoms with Crippen LogP contribution in [0.5, 0.6) is 0 Å². The number of hydrogen-bond donors (Lipinski definition) is 2. The number of nitrogens with zero attached hydrogens (tertiary/aromatic N) is 1. The molecule has 0 amide bonds. The van der Waals surface area contributed by atoms with Crippen LogP contribution in [0.2, 0.25) is 0 Å². The summed E-state index contributed by atoms with van der Waals surface area (Å²) in [6.45, 7) is 8.19. The van der Waals surface area contributed by atoms with Crippen LogP contribution >= 0.6 is 0 Å². The molecule has 2 unspecified atom stereocenters. The van der Waals surface area contributed by atoms with Crippen LogP contribution in [0.1, 0.15) is 59.3 Å². The molecule has 4 rings (SSSR count). The van der Waals surface area contributed by atoms with Crippen molar-refractivity contribution in [2.24, 2.45) is 17.3 Å². The summed E-state index contributed by atoms with van der Waals surface area (Å²) in [4.78, 5) is 0. The molecule has 25 heavy (non-hydrogen) atoms. The smallest absolute Gasteiger partial charge is 0.121 e. The molecule has 0 spiro atoms. The number of fused-ring (bicyclic) bond motifs is 3. The lowest BCUT2D eigenvalue weighted by Crippen LogP contribution is -2.27. The second kappa shape index (κ2) is 6.51. The van der Waals surface area contributed by atoms with Crippen molar-refractivity contribution in [1.29, 1.82) is 0 Å². The van der Waals surface area contributed by atoms with Gasteiger partial charge in [-0.25, -0.2) is 0 Å². The summed E-state index contributed by atoms with van der Waals surface area (Å²) in [5.41, 5.74) is 7.10. The monoisotopic (exact) mass is 337 g/mol. The molecule has 0 radical (unpaired) electrons. The van der Waals surface area contributed by atoms with Crippen LogP contribution in [0, 0.1) is 17.3 Å². The van der Waals surface area contributed by atoms with Gasteiger partial charge in [0.1, 0.15) is 5.82 Å². The first-order valence-electron chi connectivity index (χ1n) is 9.93. The van der Waals surface area contributed by atoms with Crippen molar-refractivity contribution in [3.8, 4) is 0 Å². The van der Waals surface area contributed by atoms with Crippen molar-refractivity contribution in [2.45, 2.75) is 59.3 Å². The van der Waals surface area contributed by atoms with Crippen molar-refractivity contribution in [3.63, 3.8) is 0 Å². The van der Waals surface area contributed by atoms with Crippen molar-refractivity contribution < 1.29 is 0 Å². The van der Waals surface area contributed by atoms with Gasteiger partial charge in [0.15, 0.2) is 0 Å². The molecule has 3 heteroatoms. The normalized spacial score (nSPS) is 29.0. The molecule has 0 aliphatic heterocycles. The molecule has 1 aromatic heterocycles. The number of anilines is 1. The largest absolute Gasteiger partial charge is 0.367 e. The summed E-state index contributed by atoms with van der Waals surface area (Å²) >= 11 is 0. The second-order valence-electron chi connectivity index (χ2n) is 8.66. The van der Waals surface area contributed by atoms with E-state index in [9.17, 15) is 0 Å². The summed E-state index contributed by atoms with van der Waals surface area (Å²) in [5, 5.41) is 10.4. The van der Waals surface area contributed by atoms with E-state index in [1.165, 1.54) is 44.1 Å². The summed E-state index contributed by atoms with van der Waals surface area (Å²) < 4.78 is 0. The first-order valence-corrected chi connectivity index (χ1v) is 9.93. The average Bonchev–Trinajstić information content (AvgIpc) is 3.17. The van der Waals surface area contributed by atoms with E-state index in [0.29, 0.717) is 11.3 Å². The molecule has 134 valence electrons. The van der Waals surface area contributed by atoms with E-state index in [-0.39, 0.29) is 0 Å². The highest BCUT2D eigenvalue weighted by Crippen LogP contribution is 2.57. The molecule has 1 fully saturated rings. The van der Waals surface area contributed by atoms with Gasteiger partial charge < -0.3 is 5.32 Å². The van der Waals surface area contributed by atoms with Crippen LogP contribution in [0.25, 0.3) is 0 Å². The molecule has 1 saturated carbocycles. The van der Waals surface area contributed by atoms with Gasteiger partial charge in [0.25, 0.3) is 0 Å². The van der Waals surface area contributed by atoms with Crippen molar-refractivity contribution in [2.75, 3.05) is 11.9 Å². The highest BCUT2D eigenvalue weighted by molar-refractivity contribution is 5.50. The molecule has 0 bridgehead atoms. The molecular weight excluding hydrogens is 306 g/mol. The number of nitrogens with one attached hydrogen (secondary N) is 2. The van der Waals surface area contributed by atoms with Gasteiger partial charge in [-0.3, -0.25) is 5.10 Å². The van der Waals surface area contributed by atoms with Crippen molar-refractivity contribution in [1.82, 2.24) is 10.2 Å². The molecule has 3 aliphatic carbocycles. The number of rotatable bonds is 4. The minimum Gasteiger partial charge on any atom is -0.367 e. The van der Waals surface area contributed by atoms with Gasteiger partial charge >= 0.3 is 0 Å². The van der Waals surface area contributed by atoms with Gasteiger partial charge in [0.2, 0.25) is 0 Å². The third-order valence-electron chi connectivity index (χ3n) is 6.66. The van der Waals surface area contributed by atoms with E-state index >= 15 is 0 Å². The third-order valence-corrected chi connectivity index (χ3v) is 6.66. The summed E-state index contributed by atoms with van der Waals surface area (Å²) in [6.07, 6.45) is 14.6. The van der Waals surface area contributed by atoms with Gasteiger partial charge in [-0.1, -0.05) is 44.1 Å². The van der Waals surface area contributed by atoms with Gasteiger partial charge in [0, 0.05) is 6.54 Å². The van der Waals surface area contributed by atoms with Crippen molar-refractivity contribution in [3.05, 3.63) is 46.7 Å². The topological polar surface area (TPSA) is 40.7 Å². The second-order valence-corrected chi connectivity index (χ2v) is 8.66. The zero-order valence-electron chi connectivity index (χ0n) is 15.9. The minimum absolute atomic E-state index is 0.439. The lowest BCUT2D eigenvalue weighted by Gasteiger charge is -2.40. The Morgan fingerprint density at radius 1 is 1.24 bits per heavy atom. The molecule has 1 heterocycles. The maximum atomic E-state index is 4.01. The quantitative estimate of drug-likeness (QED) is 0.747. The van der Waals surface area contributed by atoms with Gasteiger partial charge in [-0.15, -0.1) is 0 Å². The van der Waals surface area contributed by atoms with Gasteiger partial charge in [-0.05, 0) is 73.0 Å². The number of aromatic amines is 1. The fraction of sp³-hybridized carbons (Fsp3) is 0.591. The molecule has 2 N–H and O–H groups in total. The Kier molecular flexibility index (Phi) is 4.35. The lowest BCUT2D eigenvalue weighted by molar-refractivity contribution is 0.288. The minimum atomic E-state index is 0.439. The Hall–Kier alpha value is -1.77. The molecule has 0 saturated heterocycles. The zero-order valence-corrected chi connectivity index (χ0v) is 15.9. The molecule has 2 atom stereocenters. The highest BCUT2D eigenvalue weighted by Gasteiger charge is 2.44. The average molecular weight is 338 g/mol.